The summed E-state index contributed by atoms with van der Waals surface area (Å²) in [5, 5.41) is 29.8. The molecule has 1 unspecified atom stereocenters. The zero-order valence-electron chi connectivity index (χ0n) is 15.0. The van der Waals surface area contributed by atoms with Crippen molar-refractivity contribution in [2.24, 2.45) is 0 Å². The van der Waals surface area contributed by atoms with E-state index in [1.54, 1.807) is 11.6 Å². The van der Waals surface area contributed by atoms with Gasteiger partial charge >= 0.3 is 4.87 Å². The molecule has 0 radical (unpaired) electrons. The highest BCUT2D eigenvalue weighted by molar-refractivity contribution is 7.99. The Morgan fingerprint density at radius 2 is 2.13 bits per heavy atom. The van der Waals surface area contributed by atoms with Gasteiger partial charge in [0.15, 0.2) is 5.82 Å². The van der Waals surface area contributed by atoms with Crippen LogP contribution in [0.3, 0.4) is 0 Å². The third-order valence-electron chi connectivity index (χ3n) is 4.59. The summed E-state index contributed by atoms with van der Waals surface area (Å²) in [6.07, 6.45) is 0.0289. The fraction of sp³-hybridized carbons (Fsp3) is 0.353. The van der Waals surface area contributed by atoms with Crippen LogP contribution in [-0.4, -0.2) is 54.4 Å². The molecule has 0 saturated carbocycles. The van der Waals surface area contributed by atoms with Crippen molar-refractivity contribution in [3.8, 4) is 11.4 Å². The molecule has 0 bridgehead atoms. The number of aliphatic hydroxyl groups excluding tert-OH is 2. The molecule has 160 valence electrons. The highest BCUT2D eigenvalue weighted by Gasteiger charge is 2.39. The van der Waals surface area contributed by atoms with Crippen LogP contribution in [0.4, 0.5) is 4.39 Å². The molecule has 13 heteroatoms. The normalized spacial score (nSPS) is 24.3. The predicted molar refractivity (Wildman–Crippen MR) is 112 cm³/mol. The first-order chi connectivity index (χ1) is 14.4. The second-order valence-corrected chi connectivity index (χ2v) is 9.43. The van der Waals surface area contributed by atoms with Crippen LogP contribution < -0.4 is 4.87 Å². The van der Waals surface area contributed by atoms with E-state index in [0.717, 1.165) is 11.3 Å². The van der Waals surface area contributed by atoms with Gasteiger partial charge < -0.3 is 19.9 Å². The lowest BCUT2D eigenvalue weighted by Gasteiger charge is -2.38. The molecule has 1 saturated heterocycles. The minimum absolute atomic E-state index is 0.109. The van der Waals surface area contributed by atoms with Crippen LogP contribution in [-0.2, 0) is 4.74 Å². The molecule has 4 atom stereocenters. The van der Waals surface area contributed by atoms with Gasteiger partial charge in [0.2, 0.25) is 0 Å². The van der Waals surface area contributed by atoms with Crippen LogP contribution in [0.1, 0.15) is 12.5 Å². The van der Waals surface area contributed by atoms with Crippen molar-refractivity contribution < 1.29 is 19.3 Å². The van der Waals surface area contributed by atoms with E-state index in [1.807, 2.05) is 0 Å². The number of aliphatic hydroxyl groups is 2. The predicted octanol–water partition coefficient (Wildman–Crippen LogP) is 2.94. The topological polar surface area (TPSA) is 113 Å². The van der Waals surface area contributed by atoms with Crippen molar-refractivity contribution in [1.29, 1.82) is 0 Å². The minimum Gasteiger partial charge on any atom is -0.394 e. The highest BCUT2D eigenvalue weighted by Crippen LogP contribution is 2.39. The largest absolute Gasteiger partial charge is 0.394 e. The Hall–Kier alpha value is -1.47. The molecule has 0 aliphatic carbocycles. The lowest BCUT2D eigenvalue weighted by Crippen LogP contribution is -2.47. The highest BCUT2D eigenvalue weighted by atomic mass is 35.5. The Kier molecular flexibility index (Phi) is 6.49. The molecule has 1 aromatic carbocycles. The van der Waals surface area contributed by atoms with Gasteiger partial charge in [-0.2, -0.15) is 0 Å². The summed E-state index contributed by atoms with van der Waals surface area (Å²) in [7, 11) is 0. The molecule has 30 heavy (non-hydrogen) atoms. The van der Waals surface area contributed by atoms with Crippen LogP contribution in [0.25, 0.3) is 11.4 Å². The summed E-state index contributed by atoms with van der Waals surface area (Å²) in [6.45, 7) is -0.404. The average Bonchev–Trinajstić information content (AvgIpc) is 3.36. The van der Waals surface area contributed by atoms with Gasteiger partial charge in [0, 0.05) is 16.7 Å². The van der Waals surface area contributed by atoms with Gasteiger partial charge in [0.25, 0.3) is 0 Å². The molecule has 1 aliphatic heterocycles. The molecule has 0 amide bonds. The van der Waals surface area contributed by atoms with Gasteiger partial charge in [-0.3, -0.25) is 4.79 Å². The van der Waals surface area contributed by atoms with Gasteiger partial charge in [-0.1, -0.05) is 51.5 Å². The maximum Gasteiger partial charge on any atom is 0.304 e. The fourth-order valence-electron chi connectivity index (χ4n) is 3.13. The van der Waals surface area contributed by atoms with Crippen molar-refractivity contribution in [3.63, 3.8) is 0 Å². The van der Waals surface area contributed by atoms with E-state index in [4.69, 9.17) is 27.9 Å². The monoisotopic (exact) mass is 492 g/mol. The van der Waals surface area contributed by atoms with Crippen LogP contribution >= 0.6 is 46.3 Å². The number of halogens is 3. The Morgan fingerprint density at radius 3 is 2.77 bits per heavy atom. The minimum atomic E-state index is -1.04. The molecule has 3 aromatic rings. The van der Waals surface area contributed by atoms with E-state index in [2.05, 4.69) is 15.3 Å². The second kappa shape index (κ2) is 8.95. The summed E-state index contributed by atoms with van der Waals surface area (Å²) in [6, 6.07) is 2.32. The first kappa shape index (κ1) is 21.8. The first-order valence-corrected chi connectivity index (χ1v) is 11.2. The standard InChI is InChI=1S/C17H15Cl2FN4O4S2/c18-8-1-7(2-9(19)15(8)20)30-14-3-12(16(26)13(5-25)28-14)24-4-10(22-23-24)11-6-29-17(27)21-11/h1-2,4,6,12-14,16,25-26H,3,5H2,(H,21,27)/t12-,13?,14-,16-/m1/s1. The van der Waals surface area contributed by atoms with Crippen LogP contribution in [0, 0.1) is 5.82 Å². The summed E-state index contributed by atoms with van der Waals surface area (Å²) < 4.78 is 20.9. The summed E-state index contributed by atoms with van der Waals surface area (Å²) in [5.74, 6) is -0.699. The smallest absolute Gasteiger partial charge is 0.304 e. The molecule has 1 fully saturated rings. The molecule has 1 aliphatic rings. The average molecular weight is 493 g/mol. The van der Waals surface area contributed by atoms with Crippen LogP contribution in [0.5, 0.6) is 0 Å². The molecule has 0 spiro atoms. The third kappa shape index (κ3) is 4.42. The van der Waals surface area contributed by atoms with Gasteiger partial charge in [-0.15, -0.1) is 5.10 Å². The van der Waals surface area contributed by atoms with E-state index in [0.29, 0.717) is 22.7 Å². The number of nitrogens with zero attached hydrogens (tertiary/aromatic N) is 3. The maximum absolute atomic E-state index is 13.7. The molecule has 8 nitrogen and oxygen atoms in total. The second-order valence-electron chi connectivity index (χ2n) is 6.54. The Morgan fingerprint density at radius 1 is 1.40 bits per heavy atom. The number of rotatable bonds is 5. The number of ether oxygens (including phenoxy) is 1. The summed E-state index contributed by atoms with van der Waals surface area (Å²) in [4.78, 5) is 14.4. The Bertz CT molecular complexity index is 1080. The Balaban J connectivity index is 1.57. The number of nitrogens with one attached hydrogen (secondary N) is 1. The maximum atomic E-state index is 13.7. The number of hydrogen-bond donors (Lipinski definition) is 3. The molecular formula is C17H15Cl2FN4O4S2. The van der Waals surface area contributed by atoms with Crippen molar-refractivity contribution >= 4 is 46.3 Å². The summed E-state index contributed by atoms with van der Waals surface area (Å²) in [5.41, 5.74) is 0.480. The van der Waals surface area contributed by atoms with E-state index in [9.17, 15) is 19.4 Å². The van der Waals surface area contributed by atoms with E-state index >= 15 is 0 Å². The van der Waals surface area contributed by atoms with Gasteiger partial charge in [-0.25, -0.2) is 9.07 Å². The number of benzene rings is 1. The van der Waals surface area contributed by atoms with Crippen LogP contribution in [0.15, 0.2) is 33.4 Å². The number of aromatic nitrogens is 4. The SMILES string of the molecule is O=c1[nH]c(-c2cn([C@@H]3C[C@@H](Sc4cc(Cl)c(F)c(Cl)c4)OC(CO)[C@@H]3O)nn2)cs1. The van der Waals surface area contributed by atoms with Crippen molar-refractivity contribution in [2.75, 3.05) is 6.61 Å². The van der Waals surface area contributed by atoms with Crippen LogP contribution in [0.2, 0.25) is 10.0 Å². The fourth-order valence-corrected chi connectivity index (χ4v) is 5.48. The number of aromatic amines is 1. The van der Waals surface area contributed by atoms with E-state index < -0.39 is 36.1 Å². The first-order valence-electron chi connectivity index (χ1n) is 8.71. The Labute approximate surface area is 187 Å². The van der Waals surface area contributed by atoms with Gasteiger partial charge in [0.05, 0.1) is 34.6 Å². The number of thiazole rings is 1. The van der Waals surface area contributed by atoms with Crippen molar-refractivity contribution in [2.45, 2.75) is 35.0 Å². The van der Waals surface area contributed by atoms with E-state index in [-0.39, 0.29) is 14.9 Å². The van der Waals surface area contributed by atoms with Crippen molar-refractivity contribution in [1.82, 2.24) is 20.0 Å². The summed E-state index contributed by atoms with van der Waals surface area (Å²) >= 11 is 14.0. The zero-order chi connectivity index (χ0) is 21.4. The van der Waals surface area contributed by atoms with Gasteiger partial charge in [-0.05, 0) is 12.1 Å². The molecule has 3 N–H and O–H groups in total. The lowest BCUT2D eigenvalue weighted by atomic mass is 10.00. The molecular weight excluding hydrogens is 478 g/mol. The number of H-pyrrole nitrogens is 1. The lowest BCUT2D eigenvalue weighted by molar-refractivity contribution is -0.130. The molecule has 4 rings (SSSR count). The zero-order valence-corrected chi connectivity index (χ0v) is 18.2. The van der Waals surface area contributed by atoms with Crippen molar-refractivity contribution in [3.05, 3.63) is 49.2 Å². The third-order valence-corrected chi connectivity index (χ3v) is 6.88. The van der Waals surface area contributed by atoms with E-state index in [1.165, 1.54) is 28.6 Å². The number of hydrogen-bond acceptors (Lipinski definition) is 8. The number of thioether (sulfide) groups is 1. The molecule has 2 aromatic heterocycles. The molecule has 3 heterocycles. The quantitative estimate of drug-likeness (QED) is 0.469. The van der Waals surface area contributed by atoms with Gasteiger partial charge in [0.1, 0.15) is 23.3 Å².